The van der Waals surface area contributed by atoms with E-state index in [4.69, 9.17) is 21.7 Å². The van der Waals surface area contributed by atoms with Crippen LogP contribution >= 0.6 is 12.2 Å². The standard InChI is InChI=1S/C18H21N3O2S/c1-12-15(23-11-5-10-22-3)8-9-19-16(12)13-6-4-7-14-17(13)20-18(24)21(14)2/h4,6-9H,5,10-11H2,1-3H3,(H,20,24). The lowest BCUT2D eigenvalue weighted by molar-refractivity contribution is 0.172. The van der Waals surface area contributed by atoms with Crippen LogP contribution in [-0.2, 0) is 11.8 Å². The van der Waals surface area contributed by atoms with Gasteiger partial charge in [-0.05, 0) is 31.3 Å². The first kappa shape index (κ1) is 16.7. The number of para-hydroxylation sites is 1. The molecule has 1 N–H and O–H groups in total. The largest absolute Gasteiger partial charge is 0.493 e. The maximum Gasteiger partial charge on any atom is 0.177 e. The average molecular weight is 343 g/mol. The molecule has 0 unspecified atom stereocenters. The van der Waals surface area contributed by atoms with E-state index in [1.165, 1.54) is 0 Å². The molecule has 2 aromatic heterocycles. The Balaban J connectivity index is 2.01. The van der Waals surface area contributed by atoms with Gasteiger partial charge >= 0.3 is 0 Å². The van der Waals surface area contributed by atoms with Crippen LogP contribution < -0.4 is 4.74 Å². The molecule has 0 spiro atoms. The lowest BCUT2D eigenvalue weighted by Crippen LogP contribution is -2.03. The maximum atomic E-state index is 5.89. The number of aromatic amines is 1. The molecule has 0 atom stereocenters. The van der Waals surface area contributed by atoms with Crippen molar-refractivity contribution in [2.45, 2.75) is 13.3 Å². The minimum absolute atomic E-state index is 0.621. The SMILES string of the molecule is COCCCOc1ccnc(-c2cccc3c2[nH]c(=S)n3C)c1C. The third kappa shape index (κ3) is 3.07. The van der Waals surface area contributed by atoms with E-state index < -0.39 is 0 Å². The number of rotatable bonds is 6. The Morgan fingerprint density at radius 2 is 2.08 bits per heavy atom. The lowest BCUT2D eigenvalue weighted by Gasteiger charge is -2.12. The highest BCUT2D eigenvalue weighted by atomic mass is 32.1. The molecule has 6 heteroatoms. The number of ether oxygens (including phenoxy) is 2. The quantitative estimate of drug-likeness (QED) is 0.542. The molecular weight excluding hydrogens is 322 g/mol. The number of nitrogens with one attached hydrogen (secondary N) is 1. The number of nitrogens with zero attached hydrogens (tertiary/aromatic N) is 2. The fraction of sp³-hybridized carbons (Fsp3) is 0.333. The molecule has 0 aliphatic heterocycles. The lowest BCUT2D eigenvalue weighted by atomic mass is 10.0. The fourth-order valence-corrected chi connectivity index (χ4v) is 2.98. The van der Waals surface area contributed by atoms with Gasteiger partial charge in [-0.25, -0.2) is 0 Å². The van der Waals surface area contributed by atoms with Gasteiger partial charge in [0.1, 0.15) is 5.75 Å². The van der Waals surface area contributed by atoms with Crippen molar-refractivity contribution in [3.8, 4) is 17.0 Å². The van der Waals surface area contributed by atoms with Crippen LogP contribution in [-0.4, -0.2) is 34.9 Å². The predicted octanol–water partition coefficient (Wildman–Crippen LogP) is 4.02. The molecule has 0 fully saturated rings. The summed E-state index contributed by atoms with van der Waals surface area (Å²) in [5, 5.41) is 0. The summed E-state index contributed by atoms with van der Waals surface area (Å²) in [6.45, 7) is 3.34. The molecule has 0 saturated carbocycles. The van der Waals surface area contributed by atoms with E-state index in [9.17, 15) is 0 Å². The van der Waals surface area contributed by atoms with E-state index >= 15 is 0 Å². The molecule has 0 radical (unpaired) electrons. The van der Waals surface area contributed by atoms with Gasteiger partial charge in [0.2, 0.25) is 0 Å². The number of benzene rings is 1. The molecule has 2 heterocycles. The van der Waals surface area contributed by atoms with Crippen LogP contribution in [0.3, 0.4) is 0 Å². The van der Waals surface area contributed by atoms with Crippen molar-refractivity contribution in [2.75, 3.05) is 20.3 Å². The van der Waals surface area contributed by atoms with Crippen LogP contribution in [0.4, 0.5) is 0 Å². The number of fused-ring (bicyclic) bond motifs is 1. The second kappa shape index (κ2) is 7.15. The zero-order valence-corrected chi connectivity index (χ0v) is 14.9. The summed E-state index contributed by atoms with van der Waals surface area (Å²) in [6.07, 6.45) is 2.64. The van der Waals surface area contributed by atoms with Crippen LogP contribution in [0.5, 0.6) is 5.75 Å². The topological polar surface area (TPSA) is 52.1 Å². The summed E-state index contributed by atoms with van der Waals surface area (Å²) in [4.78, 5) is 7.86. The Morgan fingerprint density at radius 3 is 2.88 bits per heavy atom. The number of aromatic nitrogens is 3. The highest BCUT2D eigenvalue weighted by Gasteiger charge is 2.13. The molecule has 0 aliphatic carbocycles. The predicted molar refractivity (Wildman–Crippen MR) is 98.1 cm³/mol. The van der Waals surface area contributed by atoms with Gasteiger partial charge < -0.3 is 19.0 Å². The van der Waals surface area contributed by atoms with E-state index in [2.05, 4.69) is 16.0 Å². The van der Waals surface area contributed by atoms with Crippen molar-refractivity contribution in [2.24, 2.45) is 7.05 Å². The van der Waals surface area contributed by atoms with Crippen molar-refractivity contribution >= 4 is 23.3 Å². The van der Waals surface area contributed by atoms with Crippen molar-refractivity contribution in [1.82, 2.24) is 14.5 Å². The van der Waals surface area contributed by atoms with Crippen LogP contribution in [0.15, 0.2) is 30.5 Å². The van der Waals surface area contributed by atoms with Gasteiger partial charge in [0.25, 0.3) is 0 Å². The smallest absolute Gasteiger partial charge is 0.177 e. The van der Waals surface area contributed by atoms with Crippen LogP contribution in [0.25, 0.3) is 22.3 Å². The third-order valence-electron chi connectivity index (χ3n) is 4.10. The molecule has 0 saturated heterocycles. The Labute approximate surface area is 146 Å². The van der Waals surface area contributed by atoms with Gasteiger partial charge in [-0.3, -0.25) is 4.98 Å². The highest BCUT2D eigenvalue weighted by Crippen LogP contribution is 2.32. The molecule has 0 aliphatic rings. The van der Waals surface area contributed by atoms with Gasteiger partial charge in [-0.15, -0.1) is 0 Å². The minimum atomic E-state index is 0.621. The maximum absolute atomic E-state index is 5.89. The first-order chi connectivity index (χ1) is 11.6. The van der Waals surface area contributed by atoms with E-state index in [1.54, 1.807) is 13.3 Å². The van der Waals surface area contributed by atoms with E-state index in [0.717, 1.165) is 40.0 Å². The summed E-state index contributed by atoms with van der Waals surface area (Å²) in [7, 11) is 3.65. The number of H-pyrrole nitrogens is 1. The Hall–Kier alpha value is -2.18. The van der Waals surface area contributed by atoms with Gasteiger partial charge in [-0.1, -0.05) is 12.1 Å². The summed E-state index contributed by atoms with van der Waals surface area (Å²) >= 11 is 5.35. The Kier molecular flexibility index (Phi) is 4.97. The average Bonchev–Trinajstić information content (AvgIpc) is 2.88. The zero-order chi connectivity index (χ0) is 17.1. The van der Waals surface area contributed by atoms with Crippen LogP contribution in [0.2, 0.25) is 0 Å². The van der Waals surface area contributed by atoms with Crippen LogP contribution in [0.1, 0.15) is 12.0 Å². The second-order valence-electron chi connectivity index (χ2n) is 5.67. The number of methoxy groups -OCH3 is 1. The van der Waals surface area contributed by atoms with Gasteiger partial charge in [-0.2, -0.15) is 0 Å². The summed E-state index contributed by atoms with van der Waals surface area (Å²) in [5.74, 6) is 0.850. The number of imidazole rings is 1. The first-order valence-corrected chi connectivity index (χ1v) is 8.29. The van der Waals surface area contributed by atoms with Crippen molar-refractivity contribution < 1.29 is 9.47 Å². The molecule has 0 amide bonds. The van der Waals surface area contributed by atoms with Crippen molar-refractivity contribution in [3.05, 3.63) is 40.8 Å². The Bertz CT molecular complexity index is 914. The number of hydrogen-bond acceptors (Lipinski definition) is 4. The van der Waals surface area contributed by atoms with E-state index in [1.807, 2.05) is 36.7 Å². The van der Waals surface area contributed by atoms with Crippen molar-refractivity contribution in [3.63, 3.8) is 0 Å². The zero-order valence-electron chi connectivity index (χ0n) is 14.1. The summed E-state index contributed by atoms with van der Waals surface area (Å²) < 4.78 is 13.6. The molecule has 126 valence electrons. The van der Waals surface area contributed by atoms with E-state index in [0.29, 0.717) is 18.0 Å². The second-order valence-corrected chi connectivity index (χ2v) is 6.05. The van der Waals surface area contributed by atoms with E-state index in [-0.39, 0.29) is 0 Å². The number of hydrogen-bond donors (Lipinski definition) is 1. The monoisotopic (exact) mass is 343 g/mol. The number of aryl methyl sites for hydroxylation is 1. The third-order valence-corrected chi connectivity index (χ3v) is 4.48. The fourth-order valence-electron chi connectivity index (χ4n) is 2.78. The molecular formula is C18H21N3O2S. The normalized spacial score (nSPS) is 11.1. The van der Waals surface area contributed by atoms with Crippen molar-refractivity contribution in [1.29, 1.82) is 0 Å². The summed E-state index contributed by atoms with van der Waals surface area (Å²) in [6, 6.07) is 8.02. The molecule has 0 bridgehead atoms. The highest BCUT2D eigenvalue weighted by molar-refractivity contribution is 7.71. The van der Waals surface area contributed by atoms with Crippen LogP contribution in [0, 0.1) is 11.7 Å². The molecule has 3 aromatic rings. The molecule has 1 aromatic carbocycles. The molecule has 3 rings (SSSR count). The minimum Gasteiger partial charge on any atom is -0.493 e. The Morgan fingerprint density at radius 1 is 1.25 bits per heavy atom. The summed E-state index contributed by atoms with van der Waals surface area (Å²) in [5.41, 5.74) is 5.01. The first-order valence-electron chi connectivity index (χ1n) is 7.89. The molecule has 5 nitrogen and oxygen atoms in total. The molecule has 24 heavy (non-hydrogen) atoms. The van der Waals surface area contributed by atoms with Gasteiger partial charge in [0.05, 0.1) is 23.3 Å². The van der Waals surface area contributed by atoms with Gasteiger partial charge in [0, 0.05) is 44.5 Å². The van der Waals surface area contributed by atoms with Gasteiger partial charge in [0.15, 0.2) is 4.77 Å². The number of pyridine rings is 1.